The molecule has 0 saturated carbocycles. The van der Waals surface area contributed by atoms with Gasteiger partial charge in [-0.15, -0.1) is 0 Å². The van der Waals surface area contributed by atoms with E-state index in [1.165, 1.54) is 51.4 Å². The third kappa shape index (κ3) is 12.1. The van der Waals surface area contributed by atoms with Gasteiger partial charge in [-0.1, -0.05) is 51.2 Å². The van der Waals surface area contributed by atoms with Crippen LogP contribution in [-0.4, -0.2) is 23.4 Å². The summed E-state index contributed by atoms with van der Waals surface area (Å²) in [4.78, 5) is 0. The quantitative estimate of drug-likeness (QED) is 0.508. The molecule has 0 saturated heterocycles. The number of unbranched alkanes of at least 4 members (excludes halogenated alkanes) is 5. The second-order valence-electron chi connectivity index (χ2n) is 5.15. The van der Waals surface area contributed by atoms with Gasteiger partial charge in [0.15, 0.2) is 0 Å². The SMILES string of the molecule is CCCCCCCCO.OCCC1CC=CCC1. The summed E-state index contributed by atoms with van der Waals surface area (Å²) in [7, 11) is 0. The fourth-order valence-electron chi connectivity index (χ4n) is 2.19. The van der Waals surface area contributed by atoms with E-state index < -0.39 is 0 Å². The predicted octanol–water partition coefficient (Wildman–Crippen LogP) is 4.06. The van der Waals surface area contributed by atoms with E-state index in [1.807, 2.05) is 0 Å². The van der Waals surface area contributed by atoms with Crippen molar-refractivity contribution in [1.82, 2.24) is 0 Å². The summed E-state index contributed by atoms with van der Waals surface area (Å²) in [5.74, 6) is 0.764. The first-order valence-electron chi connectivity index (χ1n) is 7.71. The first kappa shape index (κ1) is 17.7. The van der Waals surface area contributed by atoms with Crippen molar-refractivity contribution >= 4 is 0 Å². The van der Waals surface area contributed by atoms with Crippen LogP contribution in [0, 0.1) is 5.92 Å². The number of hydrogen-bond acceptors (Lipinski definition) is 2. The zero-order chi connectivity index (χ0) is 13.5. The number of allylic oxidation sites excluding steroid dienone is 2. The summed E-state index contributed by atoms with van der Waals surface area (Å²) in [6.07, 6.45) is 16.6. The van der Waals surface area contributed by atoms with Gasteiger partial charge in [0.25, 0.3) is 0 Å². The Morgan fingerprint density at radius 3 is 2.22 bits per heavy atom. The van der Waals surface area contributed by atoms with Crippen molar-refractivity contribution in [2.45, 2.75) is 71.1 Å². The zero-order valence-corrected chi connectivity index (χ0v) is 12.1. The first-order chi connectivity index (χ1) is 8.85. The second-order valence-corrected chi connectivity index (χ2v) is 5.15. The van der Waals surface area contributed by atoms with Crippen molar-refractivity contribution in [3.63, 3.8) is 0 Å². The smallest absolute Gasteiger partial charge is 0.0433 e. The lowest BCUT2D eigenvalue weighted by Crippen LogP contribution is -2.04. The van der Waals surface area contributed by atoms with E-state index in [0.717, 1.165) is 18.8 Å². The van der Waals surface area contributed by atoms with E-state index in [0.29, 0.717) is 13.2 Å². The van der Waals surface area contributed by atoms with Gasteiger partial charge in [0, 0.05) is 13.2 Å². The molecule has 0 bridgehead atoms. The molecule has 0 heterocycles. The molecule has 0 fully saturated rings. The Balaban J connectivity index is 0.000000321. The number of aliphatic hydroxyl groups excluding tert-OH is 2. The van der Waals surface area contributed by atoms with E-state index >= 15 is 0 Å². The van der Waals surface area contributed by atoms with E-state index in [9.17, 15) is 0 Å². The fourth-order valence-corrected chi connectivity index (χ4v) is 2.19. The first-order valence-corrected chi connectivity index (χ1v) is 7.71. The lowest BCUT2D eigenvalue weighted by Gasteiger charge is -2.15. The highest BCUT2D eigenvalue weighted by molar-refractivity contribution is 4.89. The Morgan fingerprint density at radius 1 is 0.944 bits per heavy atom. The van der Waals surface area contributed by atoms with E-state index in [-0.39, 0.29) is 0 Å². The standard InChI is InChI=1S/C8H14O.C8H18O/c9-7-6-8-4-2-1-3-5-8;1-2-3-4-5-6-7-8-9/h1-2,8-9H,3-7H2;9H,2-8H2,1H3. The van der Waals surface area contributed by atoms with Crippen molar-refractivity contribution in [2.24, 2.45) is 5.92 Å². The monoisotopic (exact) mass is 256 g/mol. The molecule has 0 aliphatic heterocycles. The van der Waals surface area contributed by atoms with Gasteiger partial charge in [-0.05, 0) is 38.0 Å². The van der Waals surface area contributed by atoms with Gasteiger partial charge < -0.3 is 10.2 Å². The van der Waals surface area contributed by atoms with Crippen molar-refractivity contribution < 1.29 is 10.2 Å². The van der Waals surface area contributed by atoms with Crippen molar-refractivity contribution in [3.05, 3.63) is 12.2 Å². The molecule has 1 aliphatic carbocycles. The number of hydrogen-bond donors (Lipinski definition) is 2. The molecular formula is C16H32O2. The Hall–Kier alpha value is -0.340. The average Bonchev–Trinajstić information content (AvgIpc) is 2.41. The second kappa shape index (κ2) is 14.7. The third-order valence-electron chi connectivity index (χ3n) is 3.43. The Kier molecular flexibility index (Phi) is 14.4. The summed E-state index contributed by atoms with van der Waals surface area (Å²) >= 11 is 0. The molecule has 2 N–H and O–H groups in total. The maximum atomic E-state index is 8.59. The summed E-state index contributed by atoms with van der Waals surface area (Å²) < 4.78 is 0. The fraction of sp³-hybridized carbons (Fsp3) is 0.875. The van der Waals surface area contributed by atoms with Crippen LogP contribution in [0.4, 0.5) is 0 Å². The molecule has 0 spiro atoms. The maximum absolute atomic E-state index is 8.59. The van der Waals surface area contributed by atoms with Crippen LogP contribution in [0.25, 0.3) is 0 Å². The normalized spacial score (nSPS) is 18.3. The molecular weight excluding hydrogens is 224 g/mol. The highest BCUT2D eigenvalue weighted by Gasteiger charge is 2.07. The summed E-state index contributed by atoms with van der Waals surface area (Å²) in [5, 5.41) is 17.0. The van der Waals surface area contributed by atoms with E-state index in [4.69, 9.17) is 10.2 Å². The van der Waals surface area contributed by atoms with Crippen LogP contribution in [0.2, 0.25) is 0 Å². The van der Waals surface area contributed by atoms with Gasteiger partial charge in [-0.3, -0.25) is 0 Å². The minimum absolute atomic E-state index is 0.360. The van der Waals surface area contributed by atoms with Gasteiger partial charge in [-0.2, -0.15) is 0 Å². The van der Waals surface area contributed by atoms with Crippen molar-refractivity contribution in [3.8, 4) is 0 Å². The van der Waals surface area contributed by atoms with E-state index in [2.05, 4.69) is 19.1 Å². The molecule has 1 rings (SSSR count). The number of rotatable bonds is 8. The predicted molar refractivity (Wildman–Crippen MR) is 78.6 cm³/mol. The molecule has 2 heteroatoms. The number of aliphatic hydroxyl groups is 2. The van der Waals surface area contributed by atoms with Crippen molar-refractivity contribution in [2.75, 3.05) is 13.2 Å². The highest BCUT2D eigenvalue weighted by atomic mass is 16.3. The average molecular weight is 256 g/mol. The Bertz CT molecular complexity index is 172. The molecule has 2 nitrogen and oxygen atoms in total. The van der Waals surface area contributed by atoms with Gasteiger partial charge in [0.1, 0.15) is 0 Å². The lowest BCUT2D eigenvalue weighted by molar-refractivity contribution is 0.251. The topological polar surface area (TPSA) is 40.5 Å². The van der Waals surface area contributed by atoms with Gasteiger partial charge in [0.05, 0.1) is 0 Å². The van der Waals surface area contributed by atoms with Gasteiger partial charge in [0.2, 0.25) is 0 Å². The van der Waals surface area contributed by atoms with Crippen LogP contribution >= 0.6 is 0 Å². The molecule has 1 unspecified atom stereocenters. The van der Waals surface area contributed by atoms with Crippen LogP contribution in [0.3, 0.4) is 0 Å². The molecule has 0 amide bonds. The molecule has 1 atom stereocenters. The molecule has 0 radical (unpaired) electrons. The van der Waals surface area contributed by atoms with Crippen LogP contribution < -0.4 is 0 Å². The van der Waals surface area contributed by atoms with Crippen LogP contribution in [-0.2, 0) is 0 Å². The summed E-state index contributed by atoms with van der Waals surface area (Å²) in [6, 6.07) is 0. The van der Waals surface area contributed by atoms with Gasteiger partial charge >= 0.3 is 0 Å². The van der Waals surface area contributed by atoms with Gasteiger partial charge in [-0.25, -0.2) is 0 Å². The lowest BCUT2D eigenvalue weighted by atomic mass is 9.92. The van der Waals surface area contributed by atoms with Crippen LogP contribution in [0.15, 0.2) is 12.2 Å². The van der Waals surface area contributed by atoms with Crippen LogP contribution in [0.1, 0.15) is 71.1 Å². The largest absolute Gasteiger partial charge is 0.396 e. The molecule has 0 aromatic heterocycles. The third-order valence-corrected chi connectivity index (χ3v) is 3.43. The molecule has 0 aromatic carbocycles. The molecule has 108 valence electrons. The minimum Gasteiger partial charge on any atom is -0.396 e. The zero-order valence-electron chi connectivity index (χ0n) is 12.1. The highest BCUT2D eigenvalue weighted by Crippen LogP contribution is 2.20. The minimum atomic E-state index is 0.360. The molecule has 1 aliphatic rings. The Labute approximate surface area is 113 Å². The summed E-state index contributed by atoms with van der Waals surface area (Å²) in [5.41, 5.74) is 0. The molecule has 18 heavy (non-hydrogen) atoms. The summed E-state index contributed by atoms with van der Waals surface area (Å²) in [6.45, 7) is 2.94. The maximum Gasteiger partial charge on any atom is 0.0433 e. The molecule has 0 aromatic rings. The Morgan fingerprint density at radius 2 is 1.67 bits per heavy atom. The van der Waals surface area contributed by atoms with Crippen molar-refractivity contribution in [1.29, 1.82) is 0 Å². The van der Waals surface area contributed by atoms with E-state index in [1.54, 1.807) is 0 Å². The van der Waals surface area contributed by atoms with Crippen LogP contribution in [0.5, 0.6) is 0 Å².